The summed E-state index contributed by atoms with van der Waals surface area (Å²) in [5.41, 5.74) is 8.20. The zero-order valence-corrected chi connectivity index (χ0v) is 15.0. The van der Waals surface area contributed by atoms with Gasteiger partial charge in [-0.25, -0.2) is 23.3 Å². The summed E-state index contributed by atoms with van der Waals surface area (Å²) in [5.74, 6) is -0.280. The van der Waals surface area contributed by atoms with E-state index in [1.54, 1.807) is 12.1 Å². The SMILES string of the molecule is Nc1nc(-c2ccccc2)c(Br)c2nn(Cc3ccc(F)cc3)c(=O)n12. The minimum Gasteiger partial charge on any atom is -0.369 e. The Hall–Kier alpha value is -3.00. The molecule has 0 spiro atoms. The Morgan fingerprint density at radius 3 is 2.46 bits per heavy atom. The third-order valence-electron chi connectivity index (χ3n) is 3.99. The fourth-order valence-electron chi connectivity index (χ4n) is 2.73. The van der Waals surface area contributed by atoms with Crippen LogP contribution in [0.2, 0.25) is 0 Å². The van der Waals surface area contributed by atoms with E-state index in [1.807, 2.05) is 30.3 Å². The third kappa shape index (κ3) is 2.78. The molecule has 2 heterocycles. The van der Waals surface area contributed by atoms with Crippen molar-refractivity contribution >= 4 is 27.5 Å². The molecule has 0 saturated carbocycles. The van der Waals surface area contributed by atoms with Crippen molar-refractivity contribution in [1.29, 1.82) is 0 Å². The number of rotatable bonds is 3. The number of hydrogen-bond acceptors (Lipinski definition) is 4. The first-order chi connectivity index (χ1) is 12.5. The minimum absolute atomic E-state index is 0.0532. The van der Waals surface area contributed by atoms with Gasteiger partial charge < -0.3 is 5.73 Å². The van der Waals surface area contributed by atoms with Gasteiger partial charge in [-0.2, -0.15) is 0 Å². The average molecular weight is 414 g/mol. The van der Waals surface area contributed by atoms with Gasteiger partial charge in [-0.1, -0.05) is 42.5 Å². The first-order valence-electron chi connectivity index (χ1n) is 7.79. The minimum atomic E-state index is -0.408. The highest BCUT2D eigenvalue weighted by atomic mass is 79.9. The Balaban J connectivity index is 1.86. The van der Waals surface area contributed by atoms with Crippen LogP contribution in [0.25, 0.3) is 16.9 Å². The average Bonchev–Trinajstić information content (AvgIpc) is 2.98. The first kappa shape index (κ1) is 16.5. The number of nitrogens with zero attached hydrogens (tertiary/aromatic N) is 4. The lowest BCUT2D eigenvalue weighted by atomic mass is 10.1. The molecule has 0 aliphatic heterocycles. The summed E-state index contributed by atoms with van der Waals surface area (Å²) >= 11 is 3.49. The van der Waals surface area contributed by atoms with Crippen molar-refractivity contribution in [1.82, 2.24) is 19.2 Å². The molecule has 4 rings (SSSR count). The van der Waals surface area contributed by atoms with Crippen molar-refractivity contribution in [3.63, 3.8) is 0 Å². The number of anilines is 1. The van der Waals surface area contributed by atoms with Gasteiger partial charge in [0.2, 0.25) is 5.95 Å². The maximum atomic E-state index is 13.1. The summed E-state index contributed by atoms with van der Waals surface area (Å²) in [6.45, 7) is 0.202. The first-order valence-corrected chi connectivity index (χ1v) is 8.58. The quantitative estimate of drug-likeness (QED) is 0.559. The van der Waals surface area contributed by atoms with Crippen LogP contribution in [0.15, 0.2) is 63.9 Å². The van der Waals surface area contributed by atoms with Crippen LogP contribution in [-0.2, 0) is 6.54 Å². The van der Waals surface area contributed by atoms with E-state index in [0.29, 0.717) is 15.8 Å². The van der Waals surface area contributed by atoms with E-state index in [0.717, 1.165) is 11.1 Å². The summed E-state index contributed by atoms with van der Waals surface area (Å²) in [6, 6.07) is 15.4. The van der Waals surface area contributed by atoms with Crippen molar-refractivity contribution in [3.05, 3.63) is 80.9 Å². The molecule has 2 aromatic carbocycles. The molecule has 0 aliphatic carbocycles. The second-order valence-electron chi connectivity index (χ2n) is 5.72. The number of halogens is 2. The molecule has 0 saturated heterocycles. The molecule has 2 N–H and O–H groups in total. The van der Waals surface area contributed by atoms with Crippen molar-refractivity contribution in [3.8, 4) is 11.3 Å². The molecule has 0 bridgehead atoms. The second kappa shape index (κ2) is 6.38. The van der Waals surface area contributed by atoms with E-state index in [-0.39, 0.29) is 18.3 Å². The van der Waals surface area contributed by atoms with Crippen molar-refractivity contribution in [2.75, 3.05) is 5.73 Å². The van der Waals surface area contributed by atoms with E-state index in [2.05, 4.69) is 26.0 Å². The van der Waals surface area contributed by atoms with Crippen LogP contribution < -0.4 is 11.4 Å². The zero-order valence-electron chi connectivity index (χ0n) is 13.4. The molecule has 0 unspecified atom stereocenters. The van der Waals surface area contributed by atoms with E-state index in [9.17, 15) is 9.18 Å². The number of benzene rings is 2. The highest BCUT2D eigenvalue weighted by molar-refractivity contribution is 9.10. The monoisotopic (exact) mass is 413 g/mol. The number of hydrogen-bond donors (Lipinski definition) is 1. The van der Waals surface area contributed by atoms with Crippen molar-refractivity contribution in [2.45, 2.75) is 6.54 Å². The lowest BCUT2D eigenvalue weighted by Crippen LogP contribution is -2.23. The molecule has 4 aromatic rings. The molecular formula is C18H13BrFN5O. The van der Waals surface area contributed by atoms with E-state index >= 15 is 0 Å². The molecule has 2 aromatic heterocycles. The summed E-state index contributed by atoms with van der Waals surface area (Å²) in [6.07, 6.45) is 0. The topological polar surface area (TPSA) is 78.2 Å². The molecule has 130 valence electrons. The van der Waals surface area contributed by atoms with Gasteiger partial charge in [-0.3, -0.25) is 0 Å². The molecule has 0 aliphatic rings. The maximum Gasteiger partial charge on any atom is 0.353 e. The Morgan fingerprint density at radius 2 is 1.77 bits per heavy atom. The number of nitrogens with two attached hydrogens (primary N) is 1. The summed E-state index contributed by atoms with van der Waals surface area (Å²) in [4.78, 5) is 17.0. The molecule has 6 nitrogen and oxygen atoms in total. The van der Waals surface area contributed by atoms with Crippen molar-refractivity contribution in [2.24, 2.45) is 0 Å². The molecular weight excluding hydrogens is 401 g/mol. The van der Waals surface area contributed by atoms with Crippen LogP contribution in [0.5, 0.6) is 0 Å². The van der Waals surface area contributed by atoms with E-state index in [1.165, 1.54) is 21.2 Å². The van der Waals surface area contributed by atoms with Crippen LogP contribution in [0.4, 0.5) is 10.3 Å². The number of aromatic nitrogens is 4. The van der Waals surface area contributed by atoms with Gasteiger partial charge >= 0.3 is 5.69 Å². The Bertz CT molecular complexity index is 1150. The number of fused-ring (bicyclic) bond motifs is 1. The Morgan fingerprint density at radius 1 is 1.08 bits per heavy atom. The highest BCUT2D eigenvalue weighted by Gasteiger charge is 2.18. The lowest BCUT2D eigenvalue weighted by molar-refractivity contribution is 0.622. The zero-order chi connectivity index (χ0) is 18.3. The van der Waals surface area contributed by atoms with Gasteiger partial charge in [0.1, 0.15) is 5.82 Å². The van der Waals surface area contributed by atoms with E-state index < -0.39 is 5.69 Å². The molecule has 8 heteroatoms. The fraction of sp³-hybridized carbons (Fsp3) is 0.0556. The third-order valence-corrected chi connectivity index (χ3v) is 4.72. The van der Waals surface area contributed by atoms with Crippen molar-refractivity contribution < 1.29 is 4.39 Å². The van der Waals surface area contributed by atoms with Crippen LogP contribution >= 0.6 is 15.9 Å². The van der Waals surface area contributed by atoms with Crippen LogP contribution in [0, 0.1) is 5.82 Å². The van der Waals surface area contributed by atoms with Gasteiger partial charge in [0.05, 0.1) is 16.7 Å². The standard InChI is InChI=1S/C18H13BrFN5O/c19-14-15(12-4-2-1-3-5-12)22-17(21)25-16(14)23-24(18(25)26)10-11-6-8-13(20)9-7-11/h1-9H,10H2,(H2,21,22). The van der Waals surface area contributed by atoms with E-state index in [4.69, 9.17) is 5.73 Å². The smallest absolute Gasteiger partial charge is 0.353 e. The maximum absolute atomic E-state index is 13.1. The second-order valence-corrected chi connectivity index (χ2v) is 6.52. The largest absolute Gasteiger partial charge is 0.369 e. The van der Waals surface area contributed by atoms with Gasteiger partial charge in [-0.05, 0) is 33.6 Å². The highest BCUT2D eigenvalue weighted by Crippen LogP contribution is 2.29. The van der Waals surface area contributed by atoms with Crippen LogP contribution in [-0.4, -0.2) is 19.2 Å². The lowest BCUT2D eigenvalue weighted by Gasteiger charge is -2.06. The van der Waals surface area contributed by atoms with Gasteiger partial charge in [0, 0.05) is 5.56 Å². The predicted octanol–water partition coefficient (Wildman–Crippen LogP) is 3.09. The Labute approximate surface area is 155 Å². The molecule has 0 atom stereocenters. The van der Waals surface area contributed by atoms with Crippen LogP contribution in [0.1, 0.15) is 5.56 Å². The molecule has 0 fully saturated rings. The van der Waals surface area contributed by atoms with Crippen LogP contribution in [0.3, 0.4) is 0 Å². The normalized spacial score (nSPS) is 11.2. The predicted molar refractivity (Wildman–Crippen MR) is 100 cm³/mol. The molecule has 0 amide bonds. The summed E-state index contributed by atoms with van der Waals surface area (Å²) in [5, 5.41) is 4.38. The fourth-order valence-corrected chi connectivity index (χ4v) is 3.30. The Kier molecular flexibility index (Phi) is 4.04. The summed E-state index contributed by atoms with van der Waals surface area (Å²) < 4.78 is 16.2. The van der Waals surface area contributed by atoms with Gasteiger partial charge in [-0.15, -0.1) is 5.10 Å². The molecule has 0 radical (unpaired) electrons. The molecule has 26 heavy (non-hydrogen) atoms. The van der Waals surface area contributed by atoms with Gasteiger partial charge in [0.15, 0.2) is 5.65 Å². The van der Waals surface area contributed by atoms with Gasteiger partial charge in [0.25, 0.3) is 0 Å². The summed E-state index contributed by atoms with van der Waals surface area (Å²) in [7, 11) is 0. The number of nitrogen functional groups attached to an aromatic ring is 1.